The van der Waals surface area contributed by atoms with Crippen LogP contribution in [0, 0.1) is 6.92 Å². The second kappa shape index (κ2) is 8.49. The van der Waals surface area contributed by atoms with Gasteiger partial charge in [0.15, 0.2) is 0 Å². The third kappa shape index (κ3) is 3.83. The lowest BCUT2D eigenvalue weighted by Gasteiger charge is -2.17. The summed E-state index contributed by atoms with van der Waals surface area (Å²) < 4.78 is 0. The molecule has 0 saturated heterocycles. The number of aromatic nitrogens is 1. The van der Waals surface area contributed by atoms with E-state index in [9.17, 15) is 0 Å². The van der Waals surface area contributed by atoms with Crippen LogP contribution in [0.5, 0.6) is 0 Å². The minimum Gasteiger partial charge on any atom is -0.247 e. The van der Waals surface area contributed by atoms with E-state index in [1.54, 1.807) is 6.07 Å². The van der Waals surface area contributed by atoms with Crippen LogP contribution >= 0.6 is 58.8 Å². The van der Waals surface area contributed by atoms with Crippen LogP contribution < -0.4 is 0 Å². The van der Waals surface area contributed by atoms with Gasteiger partial charge in [-0.15, -0.1) is 12.4 Å². The lowest BCUT2D eigenvalue weighted by Crippen LogP contribution is -1.96. The van der Waals surface area contributed by atoms with Gasteiger partial charge in [-0.05, 0) is 60.5 Å². The molecule has 0 N–H and O–H groups in total. The summed E-state index contributed by atoms with van der Waals surface area (Å²) in [5.74, 6) is 0. The zero-order valence-electron chi connectivity index (χ0n) is 14.6. The SMILES string of the molecule is Cc1c(-c2ccc(Cl)cc2Cl)nc2ccc(Cl)cc2c1-c1ccccc1Cl.Cl. The van der Waals surface area contributed by atoms with Crippen LogP contribution in [0.3, 0.4) is 0 Å². The molecule has 0 bridgehead atoms. The summed E-state index contributed by atoms with van der Waals surface area (Å²) in [6.07, 6.45) is 0. The van der Waals surface area contributed by atoms with Crippen LogP contribution in [0.2, 0.25) is 20.1 Å². The fourth-order valence-corrected chi connectivity index (χ4v) is 4.19. The number of rotatable bonds is 2. The van der Waals surface area contributed by atoms with Gasteiger partial charge in [0, 0.05) is 31.6 Å². The Hall–Kier alpha value is -1.48. The van der Waals surface area contributed by atoms with Crippen molar-refractivity contribution in [2.45, 2.75) is 6.92 Å². The number of benzene rings is 3. The van der Waals surface area contributed by atoms with E-state index in [0.29, 0.717) is 20.1 Å². The number of fused-ring (bicyclic) bond motifs is 1. The van der Waals surface area contributed by atoms with Gasteiger partial charge in [0.2, 0.25) is 0 Å². The van der Waals surface area contributed by atoms with Crippen LogP contribution in [0.4, 0.5) is 0 Å². The van der Waals surface area contributed by atoms with Crippen LogP contribution in [-0.4, -0.2) is 4.98 Å². The third-order valence-corrected chi connectivity index (χ3v) is 5.63. The summed E-state index contributed by atoms with van der Waals surface area (Å²) in [6.45, 7) is 2.02. The second-order valence-corrected chi connectivity index (χ2v) is 7.91. The Balaban J connectivity index is 0.00000225. The highest BCUT2D eigenvalue weighted by atomic mass is 35.5. The molecule has 0 spiro atoms. The van der Waals surface area contributed by atoms with E-state index in [4.69, 9.17) is 51.4 Å². The van der Waals surface area contributed by atoms with Crippen molar-refractivity contribution in [1.29, 1.82) is 0 Å². The third-order valence-electron chi connectivity index (χ3n) is 4.52. The van der Waals surface area contributed by atoms with Crippen molar-refractivity contribution in [3.05, 3.63) is 86.3 Å². The minimum absolute atomic E-state index is 0. The summed E-state index contributed by atoms with van der Waals surface area (Å²) in [6, 6.07) is 18.8. The molecule has 0 unspecified atom stereocenters. The minimum atomic E-state index is 0. The molecule has 142 valence electrons. The first kappa shape index (κ1) is 21.2. The number of halogens is 5. The fourth-order valence-electron chi connectivity index (χ4n) is 3.29. The number of pyridine rings is 1. The Morgan fingerprint density at radius 1 is 0.714 bits per heavy atom. The molecule has 1 aromatic heterocycles. The lowest BCUT2D eigenvalue weighted by molar-refractivity contribution is 1.33. The normalized spacial score (nSPS) is 10.8. The number of hydrogen-bond donors (Lipinski definition) is 0. The van der Waals surface area contributed by atoms with Crippen molar-refractivity contribution in [2.24, 2.45) is 0 Å². The van der Waals surface area contributed by atoms with Crippen LogP contribution in [0.1, 0.15) is 5.56 Å². The average Bonchev–Trinajstić information content (AvgIpc) is 2.63. The molecule has 0 radical (unpaired) electrons. The Labute approximate surface area is 189 Å². The molecule has 0 aliphatic rings. The zero-order valence-corrected chi connectivity index (χ0v) is 18.5. The quantitative estimate of drug-likeness (QED) is 0.286. The van der Waals surface area contributed by atoms with Crippen LogP contribution in [0.25, 0.3) is 33.3 Å². The summed E-state index contributed by atoms with van der Waals surface area (Å²) in [5.41, 5.74) is 5.33. The highest BCUT2D eigenvalue weighted by molar-refractivity contribution is 6.37. The van der Waals surface area contributed by atoms with E-state index in [1.165, 1.54) is 0 Å². The summed E-state index contributed by atoms with van der Waals surface area (Å²) in [5, 5.41) is 3.40. The van der Waals surface area contributed by atoms with Crippen molar-refractivity contribution < 1.29 is 0 Å². The maximum absolute atomic E-state index is 6.52. The zero-order chi connectivity index (χ0) is 19.1. The van der Waals surface area contributed by atoms with Gasteiger partial charge in [-0.25, -0.2) is 4.98 Å². The predicted molar refractivity (Wildman–Crippen MR) is 125 cm³/mol. The molecule has 0 aliphatic carbocycles. The van der Waals surface area contributed by atoms with Gasteiger partial charge in [0.25, 0.3) is 0 Å². The van der Waals surface area contributed by atoms with Gasteiger partial charge in [0.1, 0.15) is 0 Å². The van der Waals surface area contributed by atoms with Crippen molar-refractivity contribution in [3.63, 3.8) is 0 Å². The molecule has 0 atom stereocenters. The standard InChI is InChI=1S/C22H13Cl4N.ClH/c1-12-21(15-4-2-3-5-18(15)25)17-10-13(23)7-9-20(17)27-22(12)16-8-6-14(24)11-19(16)26;/h2-11H,1H3;1H. The molecule has 4 aromatic rings. The maximum Gasteiger partial charge on any atom is 0.0760 e. The second-order valence-electron chi connectivity index (χ2n) is 6.23. The van der Waals surface area contributed by atoms with Crippen LogP contribution in [-0.2, 0) is 0 Å². The fraction of sp³-hybridized carbons (Fsp3) is 0.0455. The van der Waals surface area contributed by atoms with E-state index in [0.717, 1.165) is 38.9 Å². The Kier molecular flexibility index (Phi) is 6.44. The maximum atomic E-state index is 6.52. The number of nitrogens with zero attached hydrogens (tertiary/aromatic N) is 1. The van der Waals surface area contributed by atoms with E-state index in [2.05, 4.69) is 0 Å². The molecule has 1 heterocycles. The Morgan fingerprint density at radius 3 is 2.11 bits per heavy atom. The Morgan fingerprint density at radius 2 is 1.39 bits per heavy atom. The van der Waals surface area contributed by atoms with Crippen molar-refractivity contribution in [2.75, 3.05) is 0 Å². The van der Waals surface area contributed by atoms with Gasteiger partial charge in [-0.2, -0.15) is 0 Å². The smallest absolute Gasteiger partial charge is 0.0760 e. The van der Waals surface area contributed by atoms with E-state index < -0.39 is 0 Å². The largest absolute Gasteiger partial charge is 0.247 e. The summed E-state index contributed by atoms with van der Waals surface area (Å²) in [4.78, 5) is 4.86. The molecular weight excluding hydrogens is 456 g/mol. The lowest BCUT2D eigenvalue weighted by atomic mass is 9.93. The monoisotopic (exact) mass is 467 g/mol. The first-order chi connectivity index (χ1) is 13.0. The number of hydrogen-bond acceptors (Lipinski definition) is 1. The van der Waals surface area contributed by atoms with Gasteiger partial charge in [0.05, 0.1) is 16.2 Å². The van der Waals surface area contributed by atoms with E-state index in [-0.39, 0.29) is 12.4 Å². The van der Waals surface area contributed by atoms with E-state index in [1.807, 2.05) is 61.5 Å². The molecule has 0 fully saturated rings. The molecule has 0 amide bonds. The van der Waals surface area contributed by atoms with Crippen molar-refractivity contribution in [3.8, 4) is 22.4 Å². The highest BCUT2D eigenvalue weighted by Crippen LogP contribution is 2.41. The molecule has 3 aromatic carbocycles. The summed E-state index contributed by atoms with van der Waals surface area (Å²) >= 11 is 25.3. The first-order valence-corrected chi connectivity index (χ1v) is 9.77. The topological polar surface area (TPSA) is 12.9 Å². The molecular formula is C22H14Cl5N. The molecule has 4 rings (SSSR count). The molecule has 6 heteroatoms. The Bertz CT molecular complexity index is 1190. The predicted octanol–water partition coefficient (Wildman–Crippen LogP) is 8.91. The van der Waals surface area contributed by atoms with Gasteiger partial charge < -0.3 is 0 Å². The van der Waals surface area contributed by atoms with Crippen molar-refractivity contribution in [1.82, 2.24) is 4.98 Å². The van der Waals surface area contributed by atoms with Gasteiger partial charge in [-0.1, -0.05) is 64.6 Å². The highest BCUT2D eigenvalue weighted by Gasteiger charge is 2.18. The van der Waals surface area contributed by atoms with E-state index >= 15 is 0 Å². The van der Waals surface area contributed by atoms with Crippen LogP contribution in [0.15, 0.2) is 60.7 Å². The average molecular weight is 470 g/mol. The molecule has 1 nitrogen and oxygen atoms in total. The summed E-state index contributed by atoms with van der Waals surface area (Å²) in [7, 11) is 0. The molecule has 28 heavy (non-hydrogen) atoms. The van der Waals surface area contributed by atoms with Gasteiger partial charge in [-0.3, -0.25) is 0 Å². The van der Waals surface area contributed by atoms with Crippen molar-refractivity contribution >= 4 is 69.7 Å². The first-order valence-electron chi connectivity index (χ1n) is 8.26. The van der Waals surface area contributed by atoms with Gasteiger partial charge >= 0.3 is 0 Å². The molecule has 0 saturated carbocycles. The molecule has 0 aliphatic heterocycles.